The second kappa shape index (κ2) is 5.72. The quantitative estimate of drug-likeness (QED) is 0.939. The van der Waals surface area contributed by atoms with Gasteiger partial charge >= 0.3 is 0 Å². The third-order valence-corrected chi connectivity index (χ3v) is 4.15. The van der Waals surface area contributed by atoms with E-state index in [1.54, 1.807) is 0 Å². The highest BCUT2D eigenvalue weighted by Crippen LogP contribution is 2.28. The average Bonchev–Trinajstić information content (AvgIpc) is 2.53. The predicted octanol–water partition coefficient (Wildman–Crippen LogP) is 3.03. The van der Waals surface area contributed by atoms with E-state index in [0.29, 0.717) is 12.0 Å². The fourth-order valence-electron chi connectivity index (χ4n) is 2.91. The molecule has 4 nitrogen and oxygen atoms in total. The first-order valence-electron chi connectivity index (χ1n) is 7.60. The van der Waals surface area contributed by atoms with Crippen LogP contribution < -0.4 is 10.2 Å². The van der Waals surface area contributed by atoms with Gasteiger partial charge in [-0.1, -0.05) is 31.2 Å². The molecule has 0 amide bonds. The van der Waals surface area contributed by atoms with Crippen LogP contribution in [0.3, 0.4) is 0 Å². The van der Waals surface area contributed by atoms with Crippen molar-refractivity contribution in [3.05, 3.63) is 47.2 Å². The van der Waals surface area contributed by atoms with Crippen LogP contribution in [0.25, 0.3) is 0 Å². The maximum atomic E-state index is 4.65. The van der Waals surface area contributed by atoms with Crippen molar-refractivity contribution in [3.63, 3.8) is 0 Å². The molecule has 2 aromatic rings. The molecule has 1 aliphatic heterocycles. The minimum atomic E-state index is 0.448. The Bertz CT molecular complexity index is 616. The van der Waals surface area contributed by atoms with Crippen LogP contribution >= 0.6 is 0 Å². The molecule has 1 atom stereocenters. The highest BCUT2D eigenvalue weighted by atomic mass is 15.2. The van der Waals surface area contributed by atoms with Gasteiger partial charge in [0.25, 0.3) is 0 Å². The van der Waals surface area contributed by atoms with E-state index in [0.717, 1.165) is 30.9 Å². The predicted molar refractivity (Wildman–Crippen MR) is 86.7 cm³/mol. The molecule has 4 heteroatoms. The molecule has 0 saturated carbocycles. The fraction of sp³-hybridized carbons (Fsp3) is 0.412. The van der Waals surface area contributed by atoms with Gasteiger partial charge in [0.2, 0.25) is 5.95 Å². The summed E-state index contributed by atoms with van der Waals surface area (Å²) in [4.78, 5) is 11.5. The molecule has 110 valence electrons. The van der Waals surface area contributed by atoms with Gasteiger partial charge in [0.15, 0.2) is 0 Å². The number of aryl methyl sites for hydroxylation is 1. The second-order valence-corrected chi connectivity index (χ2v) is 5.59. The van der Waals surface area contributed by atoms with Gasteiger partial charge in [0, 0.05) is 31.4 Å². The van der Waals surface area contributed by atoms with Crippen LogP contribution in [0.1, 0.15) is 30.7 Å². The number of anilines is 2. The molecule has 2 heterocycles. The summed E-state index contributed by atoms with van der Waals surface area (Å²) in [6.45, 7) is 5.31. The Balaban J connectivity index is 1.97. The molecule has 0 unspecified atom stereocenters. The van der Waals surface area contributed by atoms with Crippen molar-refractivity contribution >= 4 is 11.8 Å². The zero-order valence-corrected chi connectivity index (χ0v) is 12.9. The molecule has 0 aliphatic carbocycles. The smallest absolute Gasteiger partial charge is 0.224 e. The van der Waals surface area contributed by atoms with Crippen molar-refractivity contribution in [2.24, 2.45) is 0 Å². The Labute approximate surface area is 126 Å². The normalized spacial score (nSPS) is 17.5. The Kier molecular flexibility index (Phi) is 3.78. The number of nitrogens with one attached hydrogen (secondary N) is 1. The Hall–Kier alpha value is -2.10. The maximum absolute atomic E-state index is 4.65. The number of aromatic nitrogens is 2. The number of nitrogens with zero attached hydrogens (tertiary/aromatic N) is 3. The highest BCUT2D eigenvalue weighted by molar-refractivity contribution is 5.49. The van der Waals surface area contributed by atoms with Gasteiger partial charge in [-0.2, -0.15) is 4.98 Å². The van der Waals surface area contributed by atoms with Crippen LogP contribution in [0.2, 0.25) is 0 Å². The van der Waals surface area contributed by atoms with Crippen molar-refractivity contribution in [1.29, 1.82) is 0 Å². The molecule has 0 spiro atoms. The largest absolute Gasteiger partial charge is 0.357 e. The molecule has 1 aromatic heterocycles. The second-order valence-electron chi connectivity index (χ2n) is 5.59. The first-order valence-corrected chi connectivity index (χ1v) is 7.60. The summed E-state index contributed by atoms with van der Waals surface area (Å²) in [5.41, 5.74) is 3.94. The van der Waals surface area contributed by atoms with Crippen molar-refractivity contribution in [1.82, 2.24) is 9.97 Å². The molecular formula is C17H22N4. The van der Waals surface area contributed by atoms with Gasteiger partial charge in [0.1, 0.15) is 5.82 Å². The Morgan fingerprint density at radius 2 is 2.00 bits per heavy atom. The molecule has 1 aromatic carbocycles. The van der Waals surface area contributed by atoms with E-state index in [4.69, 9.17) is 0 Å². The minimum absolute atomic E-state index is 0.448. The summed E-state index contributed by atoms with van der Waals surface area (Å²) in [5.74, 6) is 1.73. The molecule has 21 heavy (non-hydrogen) atoms. The third kappa shape index (κ3) is 2.71. The van der Waals surface area contributed by atoms with Gasteiger partial charge in [-0.15, -0.1) is 0 Å². The molecular weight excluding hydrogens is 260 g/mol. The van der Waals surface area contributed by atoms with Gasteiger partial charge in [-0.05, 0) is 30.9 Å². The molecule has 0 fully saturated rings. The number of hydrogen-bond acceptors (Lipinski definition) is 4. The number of benzene rings is 1. The van der Waals surface area contributed by atoms with Crippen molar-refractivity contribution in [3.8, 4) is 0 Å². The topological polar surface area (TPSA) is 41.1 Å². The summed E-state index contributed by atoms with van der Waals surface area (Å²) < 4.78 is 0. The molecule has 1 aliphatic rings. The van der Waals surface area contributed by atoms with E-state index in [9.17, 15) is 0 Å². The number of fused-ring (bicyclic) bond motifs is 1. The molecule has 3 rings (SSSR count). The fourth-order valence-corrected chi connectivity index (χ4v) is 2.91. The summed E-state index contributed by atoms with van der Waals surface area (Å²) in [5, 5.41) is 3.07. The van der Waals surface area contributed by atoms with Crippen molar-refractivity contribution in [2.75, 3.05) is 17.3 Å². The van der Waals surface area contributed by atoms with E-state index in [-0.39, 0.29) is 0 Å². The van der Waals surface area contributed by atoms with Crippen LogP contribution in [-0.2, 0) is 19.4 Å². The molecule has 0 radical (unpaired) electrons. The van der Waals surface area contributed by atoms with E-state index < -0.39 is 0 Å². The first-order chi connectivity index (χ1) is 10.2. The van der Waals surface area contributed by atoms with Crippen LogP contribution in [0.4, 0.5) is 11.8 Å². The van der Waals surface area contributed by atoms with E-state index in [2.05, 4.69) is 64.4 Å². The molecule has 0 saturated heterocycles. The maximum Gasteiger partial charge on any atom is 0.224 e. The highest BCUT2D eigenvalue weighted by Gasteiger charge is 2.24. The standard InChI is InChI=1S/C17H22N4/c1-4-15-10-16(20-17(18-3)19-15)21-11-14-8-6-5-7-13(14)9-12(21)2/h5-8,10,12H,4,9,11H2,1-3H3,(H,18,19,20)/t12-/m0/s1. The van der Waals surface area contributed by atoms with Crippen molar-refractivity contribution in [2.45, 2.75) is 39.3 Å². The lowest BCUT2D eigenvalue weighted by Crippen LogP contribution is -2.39. The lowest BCUT2D eigenvalue weighted by molar-refractivity contribution is 0.586. The van der Waals surface area contributed by atoms with Gasteiger partial charge in [0.05, 0.1) is 0 Å². The third-order valence-electron chi connectivity index (χ3n) is 4.15. The van der Waals surface area contributed by atoms with Crippen LogP contribution in [0.15, 0.2) is 30.3 Å². The summed E-state index contributed by atoms with van der Waals surface area (Å²) in [6.07, 6.45) is 1.99. The Morgan fingerprint density at radius 1 is 1.24 bits per heavy atom. The van der Waals surface area contributed by atoms with E-state index in [1.165, 1.54) is 11.1 Å². The van der Waals surface area contributed by atoms with Gasteiger partial charge in [-0.25, -0.2) is 4.98 Å². The zero-order valence-electron chi connectivity index (χ0n) is 12.9. The lowest BCUT2D eigenvalue weighted by Gasteiger charge is -2.36. The summed E-state index contributed by atoms with van der Waals surface area (Å²) >= 11 is 0. The zero-order chi connectivity index (χ0) is 14.8. The number of hydrogen-bond donors (Lipinski definition) is 1. The van der Waals surface area contributed by atoms with Gasteiger partial charge < -0.3 is 10.2 Å². The molecule has 1 N–H and O–H groups in total. The molecule has 0 bridgehead atoms. The first kappa shape index (κ1) is 13.9. The minimum Gasteiger partial charge on any atom is -0.357 e. The average molecular weight is 282 g/mol. The van der Waals surface area contributed by atoms with Crippen LogP contribution in [-0.4, -0.2) is 23.1 Å². The number of rotatable bonds is 3. The monoisotopic (exact) mass is 282 g/mol. The summed E-state index contributed by atoms with van der Waals surface area (Å²) in [7, 11) is 1.87. The van der Waals surface area contributed by atoms with E-state index >= 15 is 0 Å². The van der Waals surface area contributed by atoms with Crippen molar-refractivity contribution < 1.29 is 0 Å². The SMILES string of the molecule is CCc1cc(N2Cc3ccccc3C[C@@H]2C)nc(NC)n1. The Morgan fingerprint density at radius 3 is 2.71 bits per heavy atom. The van der Waals surface area contributed by atoms with Gasteiger partial charge in [-0.3, -0.25) is 0 Å². The van der Waals surface area contributed by atoms with Crippen LogP contribution in [0, 0.1) is 0 Å². The van der Waals surface area contributed by atoms with Crippen LogP contribution in [0.5, 0.6) is 0 Å². The summed E-state index contributed by atoms with van der Waals surface area (Å²) in [6, 6.07) is 11.3. The lowest BCUT2D eigenvalue weighted by atomic mass is 9.95. The van der Waals surface area contributed by atoms with E-state index in [1.807, 2.05) is 7.05 Å².